The average Bonchev–Trinajstić information content (AvgIpc) is 2.78. The maximum absolute atomic E-state index is 11.5. The number of sulfone groups is 1. The van der Waals surface area contributed by atoms with Gasteiger partial charge in [-0.15, -0.1) is 11.3 Å². The quantitative estimate of drug-likeness (QED) is 0.914. The van der Waals surface area contributed by atoms with Crippen LogP contribution in [0.1, 0.15) is 30.6 Å². The molecular weight excluding hydrogens is 254 g/mol. The molecular formula is C12H19NO2S2. The van der Waals surface area contributed by atoms with E-state index in [1.54, 1.807) is 11.3 Å². The summed E-state index contributed by atoms with van der Waals surface area (Å²) in [6.45, 7) is 0.860. The van der Waals surface area contributed by atoms with Gasteiger partial charge in [0, 0.05) is 23.7 Å². The molecule has 1 aliphatic rings. The first-order valence-electron chi connectivity index (χ1n) is 6.00. The Kier molecular flexibility index (Phi) is 4.22. The van der Waals surface area contributed by atoms with Crippen LogP contribution < -0.4 is 5.32 Å². The van der Waals surface area contributed by atoms with Gasteiger partial charge in [-0.3, -0.25) is 0 Å². The molecule has 1 aromatic heterocycles. The third-order valence-electron chi connectivity index (χ3n) is 3.38. The van der Waals surface area contributed by atoms with E-state index in [4.69, 9.17) is 0 Å². The Hall–Kier alpha value is -0.390. The predicted molar refractivity (Wildman–Crippen MR) is 72.0 cm³/mol. The SMILES string of the molecule is CS(=O)(=O)C1CCCC(NCc2cccs2)C1. The lowest BCUT2D eigenvalue weighted by Crippen LogP contribution is -2.38. The van der Waals surface area contributed by atoms with Crippen molar-refractivity contribution in [2.75, 3.05) is 6.26 Å². The zero-order valence-electron chi connectivity index (χ0n) is 10.1. The Bertz CT molecular complexity index is 439. The second kappa shape index (κ2) is 5.50. The first-order valence-corrected chi connectivity index (χ1v) is 8.84. The Morgan fingerprint density at radius 3 is 2.94 bits per heavy atom. The van der Waals surface area contributed by atoms with Crippen molar-refractivity contribution < 1.29 is 8.42 Å². The zero-order chi connectivity index (χ0) is 12.3. The van der Waals surface area contributed by atoms with Gasteiger partial charge in [-0.05, 0) is 30.7 Å². The van der Waals surface area contributed by atoms with Gasteiger partial charge in [-0.2, -0.15) is 0 Å². The largest absolute Gasteiger partial charge is 0.309 e. The maximum atomic E-state index is 11.5. The maximum Gasteiger partial charge on any atom is 0.150 e. The van der Waals surface area contributed by atoms with Gasteiger partial charge in [0.1, 0.15) is 9.84 Å². The number of hydrogen-bond acceptors (Lipinski definition) is 4. The van der Waals surface area contributed by atoms with E-state index in [1.807, 2.05) is 6.07 Å². The molecule has 0 bridgehead atoms. The lowest BCUT2D eigenvalue weighted by Gasteiger charge is -2.28. The molecule has 0 amide bonds. The van der Waals surface area contributed by atoms with Crippen molar-refractivity contribution in [1.82, 2.24) is 5.32 Å². The molecule has 0 aliphatic heterocycles. The molecule has 2 atom stereocenters. The van der Waals surface area contributed by atoms with Gasteiger partial charge < -0.3 is 5.32 Å². The molecule has 1 aromatic rings. The Morgan fingerprint density at radius 1 is 1.47 bits per heavy atom. The minimum atomic E-state index is -2.87. The van der Waals surface area contributed by atoms with E-state index < -0.39 is 9.84 Å². The molecule has 96 valence electrons. The van der Waals surface area contributed by atoms with Crippen molar-refractivity contribution in [2.24, 2.45) is 0 Å². The van der Waals surface area contributed by atoms with Crippen molar-refractivity contribution in [3.8, 4) is 0 Å². The van der Waals surface area contributed by atoms with E-state index >= 15 is 0 Å². The molecule has 1 fully saturated rings. The smallest absolute Gasteiger partial charge is 0.150 e. The van der Waals surface area contributed by atoms with Crippen LogP contribution in [0.4, 0.5) is 0 Å². The van der Waals surface area contributed by atoms with Crippen LogP contribution in [-0.2, 0) is 16.4 Å². The number of rotatable bonds is 4. The van der Waals surface area contributed by atoms with E-state index in [-0.39, 0.29) is 5.25 Å². The topological polar surface area (TPSA) is 46.2 Å². The summed E-state index contributed by atoms with van der Waals surface area (Å²) in [4.78, 5) is 1.31. The third-order valence-corrected chi connectivity index (χ3v) is 5.89. The first kappa shape index (κ1) is 13.1. The van der Waals surface area contributed by atoms with Crippen LogP contribution in [0.3, 0.4) is 0 Å². The van der Waals surface area contributed by atoms with Crippen LogP contribution in [-0.4, -0.2) is 26.0 Å². The standard InChI is InChI=1S/C12H19NO2S2/c1-17(14,15)12-6-2-4-10(8-12)13-9-11-5-3-7-16-11/h3,5,7,10,12-13H,2,4,6,8-9H2,1H3. The Balaban J connectivity index is 1.85. The van der Waals surface area contributed by atoms with Crippen molar-refractivity contribution >= 4 is 21.2 Å². The summed E-state index contributed by atoms with van der Waals surface area (Å²) >= 11 is 1.74. The second-order valence-electron chi connectivity index (χ2n) is 4.78. The molecule has 2 rings (SSSR count). The third kappa shape index (κ3) is 3.79. The van der Waals surface area contributed by atoms with Crippen LogP contribution in [0.5, 0.6) is 0 Å². The van der Waals surface area contributed by atoms with Crippen molar-refractivity contribution in [1.29, 1.82) is 0 Å². The molecule has 3 nitrogen and oxygen atoms in total. The van der Waals surface area contributed by atoms with Gasteiger partial charge in [0.05, 0.1) is 5.25 Å². The number of thiophene rings is 1. The molecule has 1 saturated carbocycles. The first-order chi connectivity index (χ1) is 8.05. The van der Waals surface area contributed by atoms with E-state index in [9.17, 15) is 8.42 Å². The fraction of sp³-hybridized carbons (Fsp3) is 0.667. The highest BCUT2D eigenvalue weighted by molar-refractivity contribution is 7.91. The molecule has 1 N–H and O–H groups in total. The van der Waals surface area contributed by atoms with Gasteiger partial charge in [-0.25, -0.2) is 8.42 Å². The fourth-order valence-corrected chi connectivity index (χ4v) is 4.21. The van der Waals surface area contributed by atoms with Gasteiger partial charge >= 0.3 is 0 Å². The highest BCUT2D eigenvalue weighted by atomic mass is 32.2. The summed E-state index contributed by atoms with van der Waals surface area (Å²) in [5.74, 6) is 0. The van der Waals surface area contributed by atoms with Crippen molar-refractivity contribution in [2.45, 2.75) is 43.5 Å². The molecule has 0 saturated heterocycles. The molecule has 0 radical (unpaired) electrons. The van der Waals surface area contributed by atoms with Crippen LogP contribution >= 0.6 is 11.3 Å². The molecule has 0 spiro atoms. The van der Waals surface area contributed by atoms with Crippen molar-refractivity contribution in [3.05, 3.63) is 22.4 Å². The molecule has 17 heavy (non-hydrogen) atoms. The fourth-order valence-electron chi connectivity index (χ4n) is 2.38. The lowest BCUT2D eigenvalue weighted by molar-refractivity contribution is 0.372. The summed E-state index contributed by atoms with van der Waals surface area (Å²) in [6.07, 6.45) is 5.07. The average molecular weight is 273 g/mol. The predicted octanol–water partition coefficient (Wildman–Crippen LogP) is 2.19. The van der Waals surface area contributed by atoms with Crippen LogP contribution in [0.15, 0.2) is 17.5 Å². The number of nitrogens with one attached hydrogen (secondary N) is 1. The normalized spacial score (nSPS) is 25.9. The summed E-state index contributed by atoms with van der Waals surface area (Å²) in [5, 5.41) is 5.40. The molecule has 0 aromatic carbocycles. The van der Waals surface area contributed by atoms with E-state index in [2.05, 4.69) is 16.8 Å². The molecule has 1 aliphatic carbocycles. The molecule has 1 heterocycles. The summed E-state index contributed by atoms with van der Waals surface area (Å²) in [6, 6.07) is 4.50. The summed E-state index contributed by atoms with van der Waals surface area (Å²) < 4.78 is 23.1. The van der Waals surface area contributed by atoms with Gasteiger partial charge in [0.15, 0.2) is 0 Å². The number of hydrogen-bond donors (Lipinski definition) is 1. The second-order valence-corrected chi connectivity index (χ2v) is 8.13. The summed E-state index contributed by atoms with van der Waals surface area (Å²) in [5.41, 5.74) is 0. The van der Waals surface area contributed by atoms with Crippen LogP contribution in [0.25, 0.3) is 0 Å². The highest BCUT2D eigenvalue weighted by Crippen LogP contribution is 2.24. The van der Waals surface area contributed by atoms with E-state index in [1.165, 1.54) is 11.1 Å². The molecule has 5 heteroatoms. The van der Waals surface area contributed by atoms with Gasteiger partial charge in [0.2, 0.25) is 0 Å². The van der Waals surface area contributed by atoms with Crippen LogP contribution in [0.2, 0.25) is 0 Å². The van der Waals surface area contributed by atoms with E-state index in [0.717, 1.165) is 32.2 Å². The monoisotopic (exact) mass is 273 g/mol. The van der Waals surface area contributed by atoms with Gasteiger partial charge in [-0.1, -0.05) is 12.5 Å². The van der Waals surface area contributed by atoms with E-state index in [0.29, 0.717) is 6.04 Å². The Morgan fingerprint density at radius 2 is 2.29 bits per heavy atom. The minimum absolute atomic E-state index is 0.142. The zero-order valence-corrected chi connectivity index (χ0v) is 11.7. The summed E-state index contributed by atoms with van der Waals surface area (Å²) in [7, 11) is -2.87. The van der Waals surface area contributed by atoms with Gasteiger partial charge in [0.25, 0.3) is 0 Å². The Labute approximate surface area is 107 Å². The highest BCUT2D eigenvalue weighted by Gasteiger charge is 2.28. The minimum Gasteiger partial charge on any atom is -0.309 e. The van der Waals surface area contributed by atoms with Crippen molar-refractivity contribution in [3.63, 3.8) is 0 Å². The lowest BCUT2D eigenvalue weighted by atomic mass is 9.95. The molecule has 2 unspecified atom stereocenters. The van der Waals surface area contributed by atoms with Crippen LogP contribution in [0, 0.1) is 0 Å².